The minimum Gasteiger partial charge on any atom is -0.454 e. The first-order valence-electron chi connectivity index (χ1n) is 8.90. The third-order valence-corrected chi connectivity index (χ3v) is 4.51. The van der Waals surface area contributed by atoms with Gasteiger partial charge in [-0.15, -0.1) is 0 Å². The van der Waals surface area contributed by atoms with Crippen molar-refractivity contribution in [1.29, 1.82) is 0 Å². The summed E-state index contributed by atoms with van der Waals surface area (Å²) in [6.07, 6.45) is 3.22. The zero-order valence-corrected chi connectivity index (χ0v) is 15.9. The Balaban J connectivity index is 1.48. The van der Waals surface area contributed by atoms with Crippen LogP contribution in [0.15, 0.2) is 18.2 Å². The molecule has 0 bridgehead atoms. The Bertz CT molecular complexity index is 678. The molecule has 6 nitrogen and oxygen atoms in total. The maximum absolute atomic E-state index is 12.1. The Morgan fingerprint density at radius 2 is 2.27 bits per heavy atom. The lowest BCUT2D eigenvalue weighted by molar-refractivity contribution is -0.117. The van der Waals surface area contributed by atoms with Crippen molar-refractivity contribution >= 4 is 23.6 Å². The number of morpholine rings is 1. The molecule has 2 aliphatic heterocycles. The zero-order chi connectivity index (χ0) is 18.5. The summed E-state index contributed by atoms with van der Waals surface area (Å²) in [5, 5.41) is 3.37. The number of nitrogens with one attached hydrogen (secondary N) is 1. The molecule has 142 valence electrons. The number of halogens is 1. The molecule has 0 aromatic heterocycles. The van der Waals surface area contributed by atoms with Crippen LogP contribution < -0.4 is 14.8 Å². The standard InChI is InChI=1S/C19H25ClN2O4/c1-13(2)10-22-5-6-24-15(11-22)9-21-18(23)4-3-14-7-16(20)19-17(8-14)25-12-26-19/h3-4,7-8,13,15H,5-6,9-12H2,1-2H3,(H,21,23)/b4-3+. The Morgan fingerprint density at radius 1 is 1.42 bits per heavy atom. The number of fused-ring (bicyclic) bond motifs is 1. The third-order valence-electron chi connectivity index (χ3n) is 4.23. The highest BCUT2D eigenvalue weighted by atomic mass is 35.5. The quantitative estimate of drug-likeness (QED) is 0.768. The Labute approximate surface area is 159 Å². The van der Waals surface area contributed by atoms with Gasteiger partial charge in [-0.3, -0.25) is 9.69 Å². The lowest BCUT2D eigenvalue weighted by Gasteiger charge is -2.33. The number of amides is 1. The number of hydrogen-bond acceptors (Lipinski definition) is 5. The average molecular weight is 381 g/mol. The maximum atomic E-state index is 12.1. The van der Waals surface area contributed by atoms with E-state index in [9.17, 15) is 4.79 Å². The van der Waals surface area contributed by atoms with Crippen LogP contribution in [-0.2, 0) is 9.53 Å². The van der Waals surface area contributed by atoms with E-state index in [1.165, 1.54) is 6.08 Å². The number of hydrogen-bond donors (Lipinski definition) is 1. The van der Waals surface area contributed by atoms with Crippen molar-refractivity contribution < 1.29 is 19.0 Å². The number of nitrogens with zero attached hydrogens (tertiary/aromatic N) is 1. The summed E-state index contributed by atoms with van der Waals surface area (Å²) in [4.78, 5) is 14.5. The highest BCUT2D eigenvalue weighted by Gasteiger charge is 2.21. The molecule has 1 aromatic rings. The van der Waals surface area contributed by atoms with Gasteiger partial charge >= 0.3 is 0 Å². The van der Waals surface area contributed by atoms with Gasteiger partial charge in [0.05, 0.1) is 17.7 Å². The van der Waals surface area contributed by atoms with E-state index in [1.807, 2.05) is 0 Å². The predicted octanol–water partition coefficient (Wildman–Crippen LogP) is 2.55. The number of carbonyl (C=O) groups excluding carboxylic acids is 1. The van der Waals surface area contributed by atoms with Crippen molar-refractivity contribution in [2.24, 2.45) is 5.92 Å². The number of rotatable bonds is 6. The molecule has 1 fully saturated rings. The van der Waals surface area contributed by atoms with Crippen LogP contribution in [0.5, 0.6) is 11.5 Å². The van der Waals surface area contributed by atoms with Crippen molar-refractivity contribution in [3.63, 3.8) is 0 Å². The summed E-state index contributed by atoms with van der Waals surface area (Å²) in [7, 11) is 0. The molecule has 1 atom stereocenters. The third kappa shape index (κ3) is 5.13. The van der Waals surface area contributed by atoms with Crippen LogP contribution in [-0.4, -0.2) is 56.5 Å². The molecule has 0 spiro atoms. The second-order valence-electron chi connectivity index (χ2n) is 6.96. The lowest BCUT2D eigenvalue weighted by Crippen LogP contribution is -2.48. The molecule has 0 saturated carbocycles. The summed E-state index contributed by atoms with van der Waals surface area (Å²) in [6.45, 7) is 8.64. The van der Waals surface area contributed by atoms with Crippen molar-refractivity contribution in [2.45, 2.75) is 20.0 Å². The molecule has 26 heavy (non-hydrogen) atoms. The van der Waals surface area contributed by atoms with E-state index in [2.05, 4.69) is 24.1 Å². The molecule has 3 rings (SSSR count). The second-order valence-corrected chi connectivity index (χ2v) is 7.37. The molecule has 1 N–H and O–H groups in total. The molecule has 1 saturated heterocycles. The van der Waals surface area contributed by atoms with E-state index in [4.69, 9.17) is 25.8 Å². The molecule has 1 unspecified atom stereocenters. The zero-order valence-electron chi connectivity index (χ0n) is 15.2. The largest absolute Gasteiger partial charge is 0.454 e. The van der Waals surface area contributed by atoms with Gasteiger partial charge in [-0.25, -0.2) is 0 Å². The van der Waals surface area contributed by atoms with E-state index in [0.29, 0.717) is 35.6 Å². The molecular weight excluding hydrogens is 356 g/mol. The lowest BCUT2D eigenvalue weighted by atomic mass is 10.1. The van der Waals surface area contributed by atoms with Gasteiger partial charge in [0.1, 0.15) is 0 Å². The van der Waals surface area contributed by atoms with Crippen LogP contribution in [0.2, 0.25) is 5.02 Å². The van der Waals surface area contributed by atoms with E-state index in [1.54, 1.807) is 18.2 Å². The SMILES string of the molecule is CC(C)CN1CCOC(CNC(=O)/C=C/c2cc(Cl)c3c(c2)OCO3)C1. The van der Waals surface area contributed by atoms with Crippen molar-refractivity contribution in [2.75, 3.05) is 39.6 Å². The molecule has 2 aliphatic rings. The second kappa shape index (κ2) is 8.75. The van der Waals surface area contributed by atoms with Crippen LogP contribution in [0, 0.1) is 5.92 Å². The van der Waals surface area contributed by atoms with E-state index >= 15 is 0 Å². The fourth-order valence-electron chi connectivity index (χ4n) is 3.11. The average Bonchev–Trinajstić information content (AvgIpc) is 3.07. The first-order valence-corrected chi connectivity index (χ1v) is 9.28. The van der Waals surface area contributed by atoms with E-state index < -0.39 is 0 Å². The van der Waals surface area contributed by atoms with E-state index in [-0.39, 0.29) is 18.8 Å². The molecule has 1 amide bonds. The van der Waals surface area contributed by atoms with Crippen LogP contribution >= 0.6 is 11.6 Å². The molecule has 2 heterocycles. The van der Waals surface area contributed by atoms with Gasteiger partial charge in [0, 0.05) is 32.3 Å². The highest BCUT2D eigenvalue weighted by Crippen LogP contribution is 2.40. The minimum atomic E-state index is -0.164. The topological polar surface area (TPSA) is 60.0 Å². The smallest absolute Gasteiger partial charge is 0.244 e. The van der Waals surface area contributed by atoms with Gasteiger partial charge in [0.15, 0.2) is 11.5 Å². The Hall–Kier alpha value is -1.76. The molecule has 1 aromatic carbocycles. The van der Waals surface area contributed by atoms with Crippen LogP contribution in [0.25, 0.3) is 6.08 Å². The summed E-state index contributed by atoms with van der Waals surface area (Å²) < 4.78 is 16.3. The van der Waals surface area contributed by atoms with Crippen molar-refractivity contribution in [1.82, 2.24) is 10.2 Å². The molecular formula is C19H25ClN2O4. The van der Waals surface area contributed by atoms with Gasteiger partial charge in [0.25, 0.3) is 0 Å². The highest BCUT2D eigenvalue weighted by molar-refractivity contribution is 6.32. The van der Waals surface area contributed by atoms with Crippen LogP contribution in [0.1, 0.15) is 19.4 Å². The normalized spacial score (nSPS) is 20.1. The monoisotopic (exact) mass is 380 g/mol. The van der Waals surface area contributed by atoms with Gasteiger partial charge in [-0.1, -0.05) is 25.4 Å². The fraction of sp³-hybridized carbons (Fsp3) is 0.526. The molecule has 7 heteroatoms. The fourth-order valence-corrected chi connectivity index (χ4v) is 3.39. The maximum Gasteiger partial charge on any atom is 0.244 e. The number of benzene rings is 1. The Kier molecular flexibility index (Phi) is 6.40. The summed E-state index contributed by atoms with van der Waals surface area (Å²) in [6, 6.07) is 3.54. The van der Waals surface area contributed by atoms with Crippen molar-refractivity contribution in [3.05, 3.63) is 28.8 Å². The Morgan fingerprint density at radius 3 is 3.08 bits per heavy atom. The van der Waals surface area contributed by atoms with Gasteiger partial charge in [0.2, 0.25) is 12.7 Å². The molecule has 0 radical (unpaired) electrons. The number of carbonyl (C=O) groups is 1. The van der Waals surface area contributed by atoms with Crippen LogP contribution in [0.4, 0.5) is 0 Å². The summed E-state index contributed by atoms with van der Waals surface area (Å²) >= 11 is 6.14. The van der Waals surface area contributed by atoms with Gasteiger partial charge < -0.3 is 19.5 Å². The first kappa shape index (κ1) is 19.0. The first-order chi connectivity index (χ1) is 12.5. The molecule has 0 aliphatic carbocycles. The summed E-state index contributed by atoms with van der Waals surface area (Å²) in [5.41, 5.74) is 0.784. The van der Waals surface area contributed by atoms with Gasteiger partial charge in [-0.05, 0) is 29.7 Å². The van der Waals surface area contributed by atoms with E-state index in [0.717, 1.165) is 25.2 Å². The number of ether oxygens (including phenoxy) is 3. The van der Waals surface area contributed by atoms with Crippen LogP contribution in [0.3, 0.4) is 0 Å². The van der Waals surface area contributed by atoms with Crippen molar-refractivity contribution in [3.8, 4) is 11.5 Å². The summed E-state index contributed by atoms with van der Waals surface area (Å²) in [5.74, 6) is 1.61. The minimum absolute atomic E-state index is 0.0276. The van der Waals surface area contributed by atoms with Gasteiger partial charge in [-0.2, -0.15) is 0 Å². The predicted molar refractivity (Wildman–Crippen MR) is 101 cm³/mol.